The number of nitrogens with zero attached hydrogens (tertiary/aromatic N) is 4. The molecule has 5 nitrogen and oxygen atoms in total. The van der Waals surface area contributed by atoms with Crippen LogP contribution in [0.15, 0.2) is 34.5 Å². The number of carbonyl (C=O) groups excluding carboxylic acids is 1. The normalized spacial score (nSPS) is 11.0. The minimum Gasteiger partial charge on any atom is -0.372 e. The average molecular weight is 347 g/mol. The third-order valence-electron chi connectivity index (χ3n) is 3.36. The van der Waals surface area contributed by atoms with Gasteiger partial charge in [-0.2, -0.15) is 5.26 Å². The number of azo groups is 1. The number of aldehydes is 1. The Labute approximate surface area is 143 Å². The van der Waals surface area contributed by atoms with Crippen LogP contribution in [-0.4, -0.2) is 19.4 Å². The summed E-state index contributed by atoms with van der Waals surface area (Å²) < 4.78 is 0. The van der Waals surface area contributed by atoms with Gasteiger partial charge in [0.25, 0.3) is 0 Å². The highest BCUT2D eigenvalue weighted by Gasteiger charge is 2.16. The van der Waals surface area contributed by atoms with Gasteiger partial charge in [0.1, 0.15) is 11.6 Å². The SMILES string of the molecule is CC(C)N(C)c1ccc(/N=N/c2sc(C=O)c(Cl)c2C#N)cc1. The number of hydrogen-bond donors (Lipinski definition) is 0. The molecule has 0 amide bonds. The average Bonchev–Trinajstić information content (AvgIpc) is 2.87. The molecule has 0 aliphatic carbocycles. The van der Waals surface area contributed by atoms with Crippen LogP contribution >= 0.6 is 22.9 Å². The Morgan fingerprint density at radius 1 is 1.30 bits per heavy atom. The number of rotatable bonds is 5. The predicted molar refractivity (Wildman–Crippen MR) is 93.6 cm³/mol. The van der Waals surface area contributed by atoms with Crippen molar-refractivity contribution >= 4 is 45.6 Å². The van der Waals surface area contributed by atoms with E-state index in [2.05, 4.69) is 29.0 Å². The van der Waals surface area contributed by atoms with Crippen LogP contribution < -0.4 is 4.90 Å². The molecular weight excluding hydrogens is 332 g/mol. The molecule has 1 aromatic heterocycles. The van der Waals surface area contributed by atoms with Gasteiger partial charge in [0.2, 0.25) is 0 Å². The van der Waals surface area contributed by atoms with Crippen LogP contribution in [0, 0.1) is 11.3 Å². The quantitative estimate of drug-likeness (QED) is 0.541. The number of halogens is 1. The summed E-state index contributed by atoms with van der Waals surface area (Å²) in [5, 5.41) is 17.7. The highest BCUT2D eigenvalue weighted by Crippen LogP contribution is 2.38. The van der Waals surface area contributed by atoms with Crippen molar-refractivity contribution in [2.75, 3.05) is 11.9 Å². The maximum Gasteiger partial charge on any atom is 0.161 e. The Kier molecular flexibility index (Phi) is 5.48. The molecule has 0 atom stereocenters. The molecule has 0 aliphatic heterocycles. The molecule has 0 fully saturated rings. The van der Waals surface area contributed by atoms with E-state index in [9.17, 15) is 4.79 Å². The molecule has 0 N–H and O–H groups in total. The summed E-state index contributed by atoms with van der Waals surface area (Å²) in [6, 6.07) is 9.96. The fourth-order valence-corrected chi connectivity index (χ4v) is 2.94. The predicted octanol–water partition coefficient (Wildman–Crippen LogP) is 5.35. The molecule has 7 heteroatoms. The van der Waals surface area contributed by atoms with E-state index in [0.29, 0.717) is 23.0 Å². The standard InChI is InChI=1S/C16H15ClN4OS/c1-10(2)21(3)12-6-4-11(5-7-12)19-20-16-13(8-18)15(17)14(9-22)23-16/h4-7,9-10H,1-3H3/b20-19+. The second-order valence-electron chi connectivity index (χ2n) is 5.11. The van der Waals surface area contributed by atoms with Crippen molar-refractivity contribution in [3.05, 3.63) is 39.7 Å². The molecule has 0 aliphatic rings. The van der Waals surface area contributed by atoms with Crippen molar-refractivity contribution < 1.29 is 4.79 Å². The third-order valence-corrected chi connectivity index (χ3v) is 4.87. The van der Waals surface area contributed by atoms with Crippen LogP contribution in [0.1, 0.15) is 29.1 Å². The largest absolute Gasteiger partial charge is 0.372 e. The minimum absolute atomic E-state index is 0.135. The molecule has 0 bridgehead atoms. The third kappa shape index (κ3) is 3.76. The Morgan fingerprint density at radius 3 is 2.48 bits per heavy atom. The monoisotopic (exact) mass is 346 g/mol. The zero-order valence-electron chi connectivity index (χ0n) is 12.9. The number of hydrogen-bond acceptors (Lipinski definition) is 6. The van der Waals surface area contributed by atoms with Crippen molar-refractivity contribution in [3.63, 3.8) is 0 Å². The van der Waals surface area contributed by atoms with Crippen LogP contribution in [0.3, 0.4) is 0 Å². The van der Waals surface area contributed by atoms with Crippen molar-refractivity contribution in [1.29, 1.82) is 5.26 Å². The fraction of sp³-hybridized carbons (Fsp3) is 0.250. The van der Waals surface area contributed by atoms with Gasteiger partial charge >= 0.3 is 0 Å². The molecule has 0 saturated heterocycles. The Balaban J connectivity index is 2.24. The van der Waals surface area contributed by atoms with E-state index in [1.165, 1.54) is 0 Å². The minimum atomic E-state index is 0.135. The second kappa shape index (κ2) is 7.36. The smallest absolute Gasteiger partial charge is 0.161 e. The van der Waals surface area contributed by atoms with Crippen molar-refractivity contribution in [3.8, 4) is 6.07 Å². The molecule has 23 heavy (non-hydrogen) atoms. The van der Waals surface area contributed by atoms with Gasteiger partial charge in [-0.25, -0.2) is 0 Å². The lowest BCUT2D eigenvalue weighted by Crippen LogP contribution is -2.25. The Bertz CT molecular complexity index is 775. The zero-order chi connectivity index (χ0) is 17.0. The maximum atomic E-state index is 10.9. The van der Waals surface area contributed by atoms with E-state index in [0.717, 1.165) is 17.0 Å². The van der Waals surface area contributed by atoms with E-state index < -0.39 is 0 Å². The lowest BCUT2D eigenvalue weighted by atomic mass is 10.2. The first-order valence-corrected chi connectivity index (χ1v) is 8.09. The summed E-state index contributed by atoms with van der Waals surface area (Å²) >= 11 is 7.00. The first-order chi connectivity index (χ1) is 11.0. The lowest BCUT2D eigenvalue weighted by Gasteiger charge is -2.23. The molecule has 0 spiro atoms. The highest BCUT2D eigenvalue weighted by atomic mass is 35.5. The van der Waals surface area contributed by atoms with E-state index in [4.69, 9.17) is 16.9 Å². The first-order valence-electron chi connectivity index (χ1n) is 6.90. The molecule has 118 valence electrons. The number of benzene rings is 1. The van der Waals surface area contributed by atoms with Crippen molar-refractivity contribution in [1.82, 2.24) is 0 Å². The van der Waals surface area contributed by atoms with Crippen LogP contribution in [0.4, 0.5) is 16.4 Å². The van der Waals surface area contributed by atoms with Gasteiger partial charge in [-0.1, -0.05) is 11.6 Å². The van der Waals surface area contributed by atoms with E-state index in [1.54, 1.807) is 0 Å². The molecule has 2 aromatic rings. The number of thiophene rings is 1. The molecule has 0 saturated carbocycles. The molecule has 0 radical (unpaired) electrons. The van der Waals surface area contributed by atoms with Gasteiger partial charge in [-0.15, -0.1) is 21.6 Å². The summed E-state index contributed by atoms with van der Waals surface area (Å²) in [6.45, 7) is 4.23. The Hall–Kier alpha value is -2.23. The maximum absolute atomic E-state index is 10.9. The van der Waals surface area contributed by atoms with Crippen molar-refractivity contribution in [2.24, 2.45) is 10.2 Å². The van der Waals surface area contributed by atoms with E-state index in [1.807, 2.05) is 37.4 Å². The molecule has 1 aromatic carbocycles. The van der Waals surface area contributed by atoms with Gasteiger partial charge in [0, 0.05) is 18.8 Å². The summed E-state index contributed by atoms with van der Waals surface area (Å²) in [5.74, 6) is 0. The van der Waals surface area contributed by atoms with Crippen LogP contribution in [0.2, 0.25) is 5.02 Å². The van der Waals surface area contributed by atoms with Gasteiger partial charge in [0.05, 0.1) is 15.6 Å². The van der Waals surface area contributed by atoms with Gasteiger partial charge in [0.15, 0.2) is 11.3 Å². The van der Waals surface area contributed by atoms with Gasteiger partial charge < -0.3 is 4.90 Å². The molecular formula is C16H15ClN4OS. The fourth-order valence-electron chi connectivity index (χ4n) is 1.82. The molecule has 1 heterocycles. The van der Waals surface area contributed by atoms with E-state index in [-0.39, 0.29) is 15.5 Å². The second-order valence-corrected chi connectivity index (χ2v) is 6.52. The first kappa shape index (κ1) is 17.1. The Morgan fingerprint density at radius 2 is 1.96 bits per heavy atom. The number of anilines is 1. The molecule has 2 rings (SSSR count). The summed E-state index contributed by atoms with van der Waals surface area (Å²) in [7, 11) is 2.02. The van der Waals surface area contributed by atoms with E-state index >= 15 is 0 Å². The van der Waals surface area contributed by atoms with Crippen LogP contribution in [-0.2, 0) is 0 Å². The van der Waals surface area contributed by atoms with Gasteiger partial charge in [-0.05, 0) is 38.1 Å². The topological polar surface area (TPSA) is 68.8 Å². The number of carbonyl (C=O) groups is 1. The zero-order valence-corrected chi connectivity index (χ0v) is 14.5. The number of nitriles is 1. The van der Waals surface area contributed by atoms with Gasteiger partial charge in [-0.3, -0.25) is 4.79 Å². The summed E-state index contributed by atoms with van der Waals surface area (Å²) in [4.78, 5) is 13.3. The highest BCUT2D eigenvalue weighted by molar-refractivity contribution is 7.18. The summed E-state index contributed by atoms with van der Waals surface area (Å²) in [5.41, 5.74) is 1.92. The van der Waals surface area contributed by atoms with Crippen LogP contribution in [0.25, 0.3) is 0 Å². The molecule has 0 unspecified atom stereocenters. The summed E-state index contributed by atoms with van der Waals surface area (Å²) in [6.07, 6.45) is 0.614. The lowest BCUT2D eigenvalue weighted by molar-refractivity contribution is 0.112. The van der Waals surface area contributed by atoms with Crippen molar-refractivity contribution in [2.45, 2.75) is 19.9 Å². The van der Waals surface area contributed by atoms with Crippen LogP contribution in [0.5, 0.6) is 0 Å².